The molecule has 0 saturated carbocycles. The smallest absolute Gasteiger partial charge is 0.303 e. The third kappa shape index (κ3) is 3.98. The standard InChI is InChI=1S/C13H18O4/c1-9(7-13(14)15)6-10-8-11(16-2)4-5-12(10)17-3/h4-5,8-9H,6-7H2,1-3H3,(H,14,15). The largest absolute Gasteiger partial charge is 0.497 e. The van der Waals surface area contributed by atoms with Crippen molar-refractivity contribution >= 4 is 5.97 Å². The Morgan fingerprint density at radius 2 is 2.06 bits per heavy atom. The molecule has 0 aliphatic rings. The van der Waals surface area contributed by atoms with E-state index in [1.165, 1.54) is 0 Å². The van der Waals surface area contributed by atoms with Crippen LogP contribution in [0, 0.1) is 5.92 Å². The van der Waals surface area contributed by atoms with Gasteiger partial charge in [0, 0.05) is 6.42 Å². The number of hydrogen-bond donors (Lipinski definition) is 1. The van der Waals surface area contributed by atoms with Crippen LogP contribution in [0.3, 0.4) is 0 Å². The molecule has 0 spiro atoms. The number of carboxylic acid groups (broad SMARTS) is 1. The fraction of sp³-hybridized carbons (Fsp3) is 0.462. The summed E-state index contributed by atoms with van der Waals surface area (Å²) in [5, 5.41) is 8.73. The van der Waals surface area contributed by atoms with Gasteiger partial charge in [0.25, 0.3) is 0 Å². The van der Waals surface area contributed by atoms with E-state index in [9.17, 15) is 4.79 Å². The Hall–Kier alpha value is -1.71. The van der Waals surface area contributed by atoms with Crippen LogP contribution in [-0.2, 0) is 11.2 Å². The molecule has 1 atom stereocenters. The Morgan fingerprint density at radius 1 is 1.35 bits per heavy atom. The molecule has 94 valence electrons. The van der Waals surface area contributed by atoms with Crippen molar-refractivity contribution in [3.05, 3.63) is 23.8 Å². The fourth-order valence-electron chi connectivity index (χ4n) is 1.79. The molecule has 1 aromatic rings. The molecular formula is C13H18O4. The van der Waals surface area contributed by atoms with Gasteiger partial charge in [0.05, 0.1) is 14.2 Å². The maximum atomic E-state index is 10.6. The number of hydrogen-bond acceptors (Lipinski definition) is 3. The molecule has 1 rings (SSSR count). The molecule has 0 aromatic heterocycles. The molecule has 0 heterocycles. The lowest BCUT2D eigenvalue weighted by Gasteiger charge is -2.13. The van der Waals surface area contributed by atoms with Crippen molar-refractivity contribution in [1.29, 1.82) is 0 Å². The maximum absolute atomic E-state index is 10.6. The highest BCUT2D eigenvalue weighted by Gasteiger charge is 2.12. The van der Waals surface area contributed by atoms with Gasteiger partial charge in [-0.15, -0.1) is 0 Å². The van der Waals surface area contributed by atoms with Crippen molar-refractivity contribution in [3.8, 4) is 11.5 Å². The Morgan fingerprint density at radius 3 is 2.59 bits per heavy atom. The first-order valence-corrected chi connectivity index (χ1v) is 5.49. The summed E-state index contributed by atoms with van der Waals surface area (Å²) in [4.78, 5) is 10.6. The maximum Gasteiger partial charge on any atom is 0.303 e. The molecule has 17 heavy (non-hydrogen) atoms. The molecule has 1 unspecified atom stereocenters. The van der Waals surface area contributed by atoms with E-state index in [0.717, 1.165) is 17.1 Å². The molecule has 0 aliphatic heterocycles. The van der Waals surface area contributed by atoms with Crippen LogP contribution >= 0.6 is 0 Å². The third-order valence-electron chi connectivity index (χ3n) is 2.58. The molecule has 1 N–H and O–H groups in total. The summed E-state index contributed by atoms with van der Waals surface area (Å²) >= 11 is 0. The zero-order valence-corrected chi connectivity index (χ0v) is 10.4. The summed E-state index contributed by atoms with van der Waals surface area (Å²) in [5.74, 6) is 0.805. The number of ether oxygens (including phenoxy) is 2. The predicted molar refractivity (Wildman–Crippen MR) is 64.7 cm³/mol. The molecular weight excluding hydrogens is 220 g/mol. The second kappa shape index (κ2) is 6.13. The number of benzene rings is 1. The van der Waals surface area contributed by atoms with E-state index in [-0.39, 0.29) is 12.3 Å². The Labute approximate surface area is 101 Å². The van der Waals surface area contributed by atoms with Gasteiger partial charge >= 0.3 is 5.97 Å². The zero-order valence-electron chi connectivity index (χ0n) is 10.4. The summed E-state index contributed by atoms with van der Waals surface area (Å²) in [6, 6.07) is 5.54. The molecule has 0 saturated heterocycles. The number of methoxy groups -OCH3 is 2. The summed E-state index contributed by atoms with van der Waals surface area (Å²) in [6.07, 6.45) is 0.813. The first-order valence-electron chi connectivity index (χ1n) is 5.49. The SMILES string of the molecule is COc1ccc(OC)c(CC(C)CC(=O)O)c1. The molecule has 1 aromatic carbocycles. The van der Waals surface area contributed by atoms with E-state index >= 15 is 0 Å². The summed E-state index contributed by atoms with van der Waals surface area (Å²) in [7, 11) is 3.21. The predicted octanol–water partition coefficient (Wildman–Crippen LogP) is 2.36. The van der Waals surface area contributed by atoms with Gasteiger partial charge in [0.15, 0.2) is 0 Å². The monoisotopic (exact) mass is 238 g/mol. The van der Waals surface area contributed by atoms with Crippen LogP contribution in [-0.4, -0.2) is 25.3 Å². The van der Waals surface area contributed by atoms with Crippen LogP contribution in [0.15, 0.2) is 18.2 Å². The average Bonchev–Trinajstić information content (AvgIpc) is 2.27. The molecule has 0 bridgehead atoms. The van der Waals surface area contributed by atoms with Gasteiger partial charge < -0.3 is 14.6 Å². The van der Waals surface area contributed by atoms with Crippen LogP contribution in [0.2, 0.25) is 0 Å². The number of rotatable bonds is 6. The minimum absolute atomic E-state index is 0.0634. The van der Waals surface area contributed by atoms with E-state index in [1.54, 1.807) is 14.2 Å². The topological polar surface area (TPSA) is 55.8 Å². The van der Waals surface area contributed by atoms with Crippen LogP contribution in [0.1, 0.15) is 18.9 Å². The molecule has 4 heteroatoms. The lowest BCUT2D eigenvalue weighted by Crippen LogP contribution is -2.08. The minimum atomic E-state index is -0.778. The molecule has 0 fully saturated rings. The highest BCUT2D eigenvalue weighted by atomic mass is 16.5. The number of carboxylic acids is 1. The van der Waals surface area contributed by atoms with E-state index in [1.807, 2.05) is 25.1 Å². The van der Waals surface area contributed by atoms with Gasteiger partial charge in [-0.2, -0.15) is 0 Å². The van der Waals surface area contributed by atoms with Crippen LogP contribution in [0.5, 0.6) is 11.5 Å². The van der Waals surface area contributed by atoms with Gasteiger partial charge in [-0.1, -0.05) is 6.92 Å². The van der Waals surface area contributed by atoms with Crippen LogP contribution < -0.4 is 9.47 Å². The normalized spacial score (nSPS) is 11.9. The lowest BCUT2D eigenvalue weighted by atomic mass is 9.97. The summed E-state index contributed by atoms with van der Waals surface area (Å²) in [6.45, 7) is 1.91. The molecule has 4 nitrogen and oxygen atoms in total. The molecule has 0 aliphatic carbocycles. The first kappa shape index (κ1) is 13.4. The Balaban J connectivity index is 2.83. The van der Waals surface area contributed by atoms with Crippen LogP contribution in [0.4, 0.5) is 0 Å². The van der Waals surface area contributed by atoms with Crippen LogP contribution in [0.25, 0.3) is 0 Å². The summed E-state index contributed by atoms with van der Waals surface area (Å²) in [5.41, 5.74) is 0.973. The van der Waals surface area contributed by atoms with E-state index in [0.29, 0.717) is 6.42 Å². The number of aliphatic carboxylic acids is 1. The highest BCUT2D eigenvalue weighted by molar-refractivity contribution is 5.67. The van der Waals surface area contributed by atoms with Crippen molar-refractivity contribution in [2.75, 3.05) is 14.2 Å². The lowest BCUT2D eigenvalue weighted by molar-refractivity contribution is -0.137. The average molecular weight is 238 g/mol. The van der Waals surface area contributed by atoms with E-state index in [4.69, 9.17) is 14.6 Å². The zero-order chi connectivity index (χ0) is 12.8. The second-order valence-electron chi connectivity index (χ2n) is 4.08. The van der Waals surface area contributed by atoms with E-state index in [2.05, 4.69) is 0 Å². The van der Waals surface area contributed by atoms with E-state index < -0.39 is 5.97 Å². The Bertz CT molecular complexity index is 387. The van der Waals surface area contributed by atoms with Gasteiger partial charge in [-0.25, -0.2) is 0 Å². The van der Waals surface area contributed by atoms with Crippen molar-refractivity contribution in [2.24, 2.45) is 5.92 Å². The van der Waals surface area contributed by atoms with Gasteiger partial charge in [0.1, 0.15) is 11.5 Å². The van der Waals surface area contributed by atoms with Gasteiger partial charge in [0.2, 0.25) is 0 Å². The van der Waals surface area contributed by atoms with Crippen molar-refractivity contribution in [3.63, 3.8) is 0 Å². The highest BCUT2D eigenvalue weighted by Crippen LogP contribution is 2.26. The molecule has 0 amide bonds. The first-order chi connectivity index (χ1) is 8.06. The van der Waals surface area contributed by atoms with Gasteiger partial charge in [-0.3, -0.25) is 4.79 Å². The second-order valence-corrected chi connectivity index (χ2v) is 4.08. The quantitative estimate of drug-likeness (QED) is 0.826. The van der Waals surface area contributed by atoms with Crippen molar-refractivity contribution in [1.82, 2.24) is 0 Å². The summed E-state index contributed by atoms with van der Waals surface area (Å²) < 4.78 is 10.4. The third-order valence-corrected chi connectivity index (χ3v) is 2.58. The Kier molecular flexibility index (Phi) is 4.82. The van der Waals surface area contributed by atoms with Gasteiger partial charge in [-0.05, 0) is 36.1 Å². The van der Waals surface area contributed by atoms with Crippen molar-refractivity contribution < 1.29 is 19.4 Å². The number of carbonyl (C=O) groups is 1. The fourth-order valence-corrected chi connectivity index (χ4v) is 1.79. The molecule has 0 radical (unpaired) electrons. The van der Waals surface area contributed by atoms with Crippen molar-refractivity contribution in [2.45, 2.75) is 19.8 Å². The minimum Gasteiger partial charge on any atom is -0.497 e.